The first-order valence-electron chi connectivity index (χ1n) is 8.50. The number of ether oxygens (including phenoxy) is 2. The van der Waals surface area contributed by atoms with Crippen LogP contribution >= 0.6 is 27.3 Å². The summed E-state index contributed by atoms with van der Waals surface area (Å²) in [5, 5.41) is 5.30. The molecule has 0 unspecified atom stereocenters. The van der Waals surface area contributed by atoms with E-state index in [0.29, 0.717) is 29.4 Å². The lowest BCUT2D eigenvalue weighted by Crippen LogP contribution is -1.96. The summed E-state index contributed by atoms with van der Waals surface area (Å²) in [4.78, 5) is 5.18. The zero-order valence-corrected chi connectivity index (χ0v) is 17.2. The average molecular weight is 456 g/mol. The molecule has 0 radical (unpaired) electrons. The van der Waals surface area contributed by atoms with E-state index < -0.39 is 0 Å². The average Bonchev–Trinajstić information content (AvgIpc) is 3.39. The fourth-order valence-corrected chi connectivity index (χ4v) is 4.22. The van der Waals surface area contributed by atoms with Gasteiger partial charge in [0.05, 0.1) is 18.7 Å². The smallest absolute Gasteiger partial charge is 0.213 e. The van der Waals surface area contributed by atoms with Crippen molar-refractivity contribution in [3.8, 4) is 23.0 Å². The van der Waals surface area contributed by atoms with Crippen LogP contribution in [-0.4, -0.2) is 21.7 Å². The van der Waals surface area contributed by atoms with Gasteiger partial charge in [0, 0.05) is 12.1 Å². The van der Waals surface area contributed by atoms with Crippen LogP contribution in [0.2, 0.25) is 0 Å². The minimum absolute atomic E-state index is 0.458. The second kappa shape index (κ2) is 6.96. The maximum atomic E-state index is 6.09. The molecule has 0 saturated heterocycles. The van der Waals surface area contributed by atoms with Crippen molar-refractivity contribution in [2.75, 3.05) is 7.11 Å². The number of nitrogens with zero attached hydrogens (tertiary/aromatic N) is 3. The topological polar surface area (TPSA) is 61.8 Å². The van der Waals surface area contributed by atoms with Crippen molar-refractivity contribution < 1.29 is 13.9 Å². The van der Waals surface area contributed by atoms with Gasteiger partial charge >= 0.3 is 0 Å². The summed E-state index contributed by atoms with van der Waals surface area (Å²) in [5.74, 6) is 2.04. The highest BCUT2D eigenvalue weighted by atomic mass is 79.9. The molecule has 8 heteroatoms. The number of imidazole rings is 1. The van der Waals surface area contributed by atoms with E-state index in [1.807, 2.05) is 48.5 Å². The maximum absolute atomic E-state index is 6.09. The Morgan fingerprint density at radius 2 is 2.04 bits per heavy atom. The first-order chi connectivity index (χ1) is 13.7. The lowest BCUT2D eigenvalue weighted by Gasteiger charge is -2.09. The van der Waals surface area contributed by atoms with Crippen molar-refractivity contribution in [1.29, 1.82) is 0 Å². The molecular weight excluding hydrogens is 442 g/mol. The van der Waals surface area contributed by atoms with Crippen molar-refractivity contribution in [1.82, 2.24) is 14.6 Å². The largest absolute Gasteiger partial charge is 0.496 e. The molecule has 0 bridgehead atoms. The molecule has 0 N–H and O–H groups in total. The van der Waals surface area contributed by atoms with Gasteiger partial charge < -0.3 is 13.9 Å². The van der Waals surface area contributed by atoms with Crippen LogP contribution in [0.25, 0.3) is 27.4 Å². The molecule has 0 fully saturated rings. The van der Waals surface area contributed by atoms with Crippen LogP contribution < -0.4 is 9.47 Å². The van der Waals surface area contributed by atoms with E-state index in [2.05, 4.69) is 26.0 Å². The van der Waals surface area contributed by atoms with Gasteiger partial charge in [-0.15, -0.1) is 5.10 Å². The van der Waals surface area contributed by atoms with E-state index in [9.17, 15) is 0 Å². The summed E-state index contributed by atoms with van der Waals surface area (Å²) in [7, 11) is 1.62. The SMILES string of the molecule is COc1cc(OCc2ccccc2)c2cc(-c3cnc4sc(Br)nn34)oc2c1. The van der Waals surface area contributed by atoms with Gasteiger partial charge in [0.25, 0.3) is 0 Å². The van der Waals surface area contributed by atoms with E-state index in [4.69, 9.17) is 13.9 Å². The number of aromatic nitrogens is 3. The Bertz CT molecular complexity index is 1280. The molecule has 0 spiro atoms. The van der Waals surface area contributed by atoms with E-state index in [-0.39, 0.29) is 0 Å². The molecule has 5 aromatic rings. The fourth-order valence-electron chi connectivity index (χ4n) is 3.02. The minimum atomic E-state index is 0.458. The molecule has 2 aromatic carbocycles. The molecular formula is C20H14BrN3O3S. The second-order valence-electron chi connectivity index (χ2n) is 6.12. The molecule has 28 heavy (non-hydrogen) atoms. The van der Waals surface area contributed by atoms with Gasteiger partial charge in [0.1, 0.15) is 29.4 Å². The van der Waals surface area contributed by atoms with Gasteiger partial charge in [0.2, 0.25) is 4.96 Å². The second-order valence-corrected chi connectivity index (χ2v) is 8.35. The van der Waals surface area contributed by atoms with Crippen LogP contribution in [0.4, 0.5) is 0 Å². The van der Waals surface area contributed by atoms with E-state index in [0.717, 1.165) is 25.5 Å². The molecule has 0 saturated carbocycles. The van der Waals surface area contributed by atoms with Crippen molar-refractivity contribution in [3.63, 3.8) is 0 Å². The predicted molar refractivity (Wildman–Crippen MR) is 111 cm³/mol. The van der Waals surface area contributed by atoms with Gasteiger partial charge in [-0.05, 0) is 27.6 Å². The number of furan rings is 1. The fraction of sp³-hybridized carbons (Fsp3) is 0.100. The Kier molecular flexibility index (Phi) is 4.29. The maximum Gasteiger partial charge on any atom is 0.213 e. The van der Waals surface area contributed by atoms with Gasteiger partial charge in [-0.25, -0.2) is 4.98 Å². The molecule has 0 atom stereocenters. The number of hydrogen-bond donors (Lipinski definition) is 0. The van der Waals surface area contributed by atoms with E-state index in [1.165, 1.54) is 11.3 Å². The molecule has 0 aliphatic heterocycles. The first-order valence-corrected chi connectivity index (χ1v) is 10.1. The zero-order chi connectivity index (χ0) is 19.1. The summed E-state index contributed by atoms with van der Waals surface area (Å²) < 4.78 is 20.1. The van der Waals surface area contributed by atoms with Crippen molar-refractivity contribution in [2.45, 2.75) is 6.61 Å². The highest BCUT2D eigenvalue weighted by Gasteiger charge is 2.17. The summed E-state index contributed by atoms with van der Waals surface area (Å²) in [5.41, 5.74) is 2.55. The minimum Gasteiger partial charge on any atom is -0.496 e. The van der Waals surface area contributed by atoms with Crippen LogP contribution in [0.3, 0.4) is 0 Å². The summed E-state index contributed by atoms with van der Waals surface area (Å²) >= 11 is 4.86. The Balaban J connectivity index is 1.58. The van der Waals surface area contributed by atoms with Crippen molar-refractivity contribution in [2.24, 2.45) is 0 Å². The Morgan fingerprint density at radius 1 is 1.18 bits per heavy atom. The van der Waals surface area contributed by atoms with Gasteiger partial charge in [0.15, 0.2) is 9.68 Å². The third-order valence-electron chi connectivity index (χ3n) is 4.36. The standard InChI is InChI=1S/C20H14BrN3O3S/c1-25-13-7-16(26-11-12-5-3-2-4-6-12)14-9-18(27-17(14)8-13)15-10-22-20-24(15)23-19(21)28-20/h2-10H,11H2,1H3. The molecule has 6 nitrogen and oxygen atoms in total. The van der Waals surface area contributed by atoms with Crippen LogP contribution in [0.5, 0.6) is 11.5 Å². The number of fused-ring (bicyclic) bond motifs is 2. The summed E-state index contributed by atoms with van der Waals surface area (Å²) in [6, 6.07) is 15.7. The Labute approximate surface area is 172 Å². The number of methoxy groups -OCH3 is 1. The van der Waals surface area contributed by atoms with Crippen LogP contribution in [0.1, 0.15) is 5.56 Å². The first kappa shape index (κ1) is 17.3. The number of halogens is 1. The van der Waals surface area contributed by atoms with Crippen LogP contribution in [0.15, 0.2) is 63.1 Å². The van der Waals surface area contributed by atoms with Crippen LogP contribution in [0, 0.1) is 0 Å². The normalized spacial score (nSPS) is 11.4. The molecule has 0 aliphatic rings. The van der Waals surface area contributed by atoms with Crippen molar-refractivity contribution >= 4 is 43.2 Å². The van der Waals surface area contributed by atoms with Gasteiger partial charge in [-0.1, -0.05) is 41.7 Å². The highest BCUT2D eigenvalue weighted by molar-refractivity contribution is 9.11. The van der Waals surface area contributed by atoms with Crippen molar-refractivity contribution in [3.05, 3.63) is 64.2 Å². The summed E-state index contributed by atoms with van der Waals surface area (Å²) in [6.07, 6.45) is 1.75. The zero-order valence-electron chi connectivity index (χ0n) is 14.8. The van der Waals surface area contributed by atoms with E-state index in [1.54, 1.807) is 17.8 Å². The van der Waals surface area contributed by atoms with Gasteiger partial charge in [-0.3, -0.25) is 0 Å². The monoisotopic (exact) mass is 455 g/mol. The molecule has 0 amide bonds. The summed E-state index contributed by atoms with van der Waals surface area (Å²) in [6.45, 7) is 0.458. The lowest BCUT2D eigenvalue weighted by molar-refractivity contribution is 0.307. The highest BCUT2D eigenvalue weighted by Crippen LogP contribution is 2.37. The molecule has 140 valence electrons. The number of rotatable bonds is 5. The lowest BCUT2D eigenvalue weighted by atomic mass is 10.2. The van der Waals surface area contributed by atoms with E-state index >= 15 is 0 Å². The number of hydrogen-bond acceptors (Lipinski definition) is 6. The third kappa shape index (κ3) is 3.04. The Morgan fingerprint density at radius 3 is 2.86 bits per heavy atom. The third-order valence-corrected chi connectivity index (χ3v) is 5.71. The van der Waals surface area contributed by atoms with Gasteiger partial charge in [-0.2, -0.15) is 4.52 Å². The molecule has 0 aliphatic carbocycles. The quantitative estimate of drug-likeness (QED) is 0.347. The van der Waals surface area contributed by atoms with Crippen LogP contribution in [-0.2, 0) is 6.61 Å². The molecule has 5 rings (SSSR count). The number of benzene rings is 2. The predicted octanol–water partition coefficient (Wildman–Crippen LogP) is 5.55. The molecule has 3 aromatic heterocycles. The molecule has 3 heterocycles. The Hall–Kier alpha value is -2.84.